The van der Waals surface area contributed by atoms with Crippen molar-refractivity contribution in [3.8, 4) is 117 Å². The molecule has 2 aromatic heterocycles. The zero-order valence-corrected chi connectivity index (χ0v) is 43.6. The first-order chi connectivity index (χ1) is 38.1. The lowest BCUT2D eigenvalue weighted by Crippen LogP contribution is -2.10. The highest BCUT2D eigenvalue weighted by Gasteiger charge is 2.31. The van der Waals surface area contributed by atoms with Crippen LogP contribution in [0.5, 0.6) is 0 Å². The van der Waals surface area contributed by atoms with E-state index in [-0.39, 0.29) is 0 Å². The average molecular weight is 979 g/mol. The highest BCUT2D eigenvalue weighted by molar-refractivity contribution is 6.10. The van der Waals surface area contributed by atoms with Crippen molar-refractivity contribution in [2.75, 3.05) is 0 Å². The van der Waals surface area contributed by atoms with Crippen molar-refractivity contribution in [3.63, 3.8) is 0 Å². The van der Waals surface area contributed by atoms with Gasteiger partial charge in [0, 0.05) is 43.5 Å². The molecule has 0 unspecified atom stereocenters. The van der Waals surface area contributed by atoms with E-state index in [9.17, 15) is 4.11 Å². The number of hydrogen-bond acceptors (Lipinski definition) is 2. The van der Waals surface area contributed by atoms with Crippen LogP contribution in [0.15, 0.2) is 219 Å². The summed E-state index contributed by atoms with van der Waals surface area (Å²) in [5, 5.41) is 2.41. The van der Waals surface area contributed by atoms with Gasteiger partial charge in [0.1, 0.15) is 0 Å². The standard InChI is InChI=1S/C73H57N3/c1-43(2)62-41-63(44(3)4)71(69(45(5)6)70(62)46-35-37-57-52-25-10-9-23-50(52)48-21-7-8-22-49(48)51-24-11-13-28-55(51)64(57)39-46)73-74-42-66-58-38-36-47(76-67-33-19-17-30-59(67)60-31-18-20-34-68(60)76)40-65(58)56-29-14-12-26-53(56)54-27-15-16-32-61(54)72(66)75-73/h7-45H,1-6H3/i43D,44D,45D. The van der Waals surface area contributed by atoms with E-state index < -0.39 is 17.7 Å². The molecule has 76 heavy (non-hydrogen) atoms. The van der Waals surface area contributed by atoms with E-state index >= 15 is 0 Å². The van der Waals surface area contributed by atoms with Gasteiger partial charge in [0.25, 0.3) is 0 Å². The van der Waals surface area contributed by atoms with Gasteiger partial charge in [-0.25, -0.2) is 9.97 Å². The first kappa shape index (κ1) is 42.4. The molecule has 0 amide bonds. The van der Waals surface area contributed by atoms with Crippen LogP contribution in [-0.2, 0) is 0 Å². The minimum atomic E-state index is -1.26. The number of nitrogens with zero attached hydrogens (tertiary/aromatic N) is 3. The van der Waals surface area contributed by atoms with Crippen LogP contribution in [0.2, 0.25) is 0 Å². The minimum absolute atomic E-state index is 0.439. The summed E-state index contributed by atoms with van der Waals surface area (Å²) in [6.45, 7) is 11.5. The molecule has 3 nitrogen and oxygen atoms in total. The smallest absolute Gasteiger partial charge is 0.160 e. The lowest BCUT2D eigenvalue weighted by molar-refractivity contribution is 0.808. The highest BCUT2D eigenvalue weighted by Crippen LogP contribution is 2.53. The topological polar surface area (TPSA) is 30.7 Å². The molecule has 2 heterocycles. The van der Waals surface area contributed by atoms with Crippen LogP contribution in [0, 0.1) is 0 Å². The second-order valence-electron chi connectivity index (χ2n) is 21.1. The van der Waals surface area contributed by atoms with E-state index in [1.54, 1.807) is 0 Å². The van der Waals surface area contributed by atoms with Crippen molar-refractivity contribution in [2.24, 2.45) is 0 Å². The Morgan fingerprint density at radius 3 is 1.25 bits per heavy atom. The Kier molecular flexibility index (Phi) is 9.99. The maximum absolute atomic E-state index is 10.3. The van der Waals surface area contributed by atoms with Crippen LogP contribution in [0.3, 0.4) is 0 Å². The summed E-state index contributed by atoms with van der Waals surface area (Å²) < 4.78 is 32.6. The zero-order valence-electron chi connectivity index (χ0n) is 46.6. The maximum atomic E-state index is 10.3. The van der Waals surface area contributed by atoms with Gasteiger partial charge in [-0.05, 0) is 148 Å². The van der Waals surface area contributed by atoms with Crippen molar-refractivity contribution in [1.82, 2.24) is 14.5 Å². The molecule has 0 saturated carbocycles. The van der Waals surface area contributed by atoms with Crippen LogP contribution in [-0.4, -0.2) is 14.5 Å². The highest BCUT2D eigenvalue weighted by atomic mass is 15.0. The Bertz CT molecular complexity index is 4440. The number of benzene rings is 10. The molecule has 12 aromatic rings. The van der Waals surface area contributed by atoms with Crippen LogP contribution in [0.1, 0.15) is 80.0 Å². The third kappa shape index (κ3) is 7.02. The molecule has 0 radical (unpaired) electrons. The van der Waals surface area contributed by atoms with Crippen molar-refractivity contribution < 1.29 is 4.11 Å². The van der Waals surface area contributed by atoms with Crippen LogP contribution < -0.4 is 0 Å². The van der Waals surface area contributed by atoms with Crippen LogP contribution in [0.25, 0.3) is 139 Å². The lowest BCUT2D eigenvalue weighted by atomic mass is 9.76. The normalized spacial score (nSPS) is 13.2. The number of hydrogen-bond donors (Lipinski definition) is 0. The van der Waals surface area contributed by atoms with E-state index in [4.69, 9.17) is 9.97 Å². The number of aromatic nitrogens is 3. The van der Waals surface area contributed by atoms with Gasteiger partial charge in [0.15, 0.2) is 5.82 Å². The molecule has 0 bridgehead atoms. The number of fused-ring (bicyclic) bond motifs is 19. The van der Waals surface area contributed by atoms with Gasteiger partial charge in [-0.3, -0.25) is 0 Å². The minimum Gasteiger partial charge on any atom is -0.309 e. The summed E-state index contributed by atoms with van der Waals surface area (Å²) in [6.07, 6.45) is 1.97. The summed E-state index contributed by atoms with van der Waals surface area (Å²) in [5.41, 5.74) is 24.8. The van der Waals surface area contributed by atoms with E-state index in [1.807, 2.05) is 47.7 Å². The van der Waals surface area contributed by atoms with Crippen LogP contribution >= 0.6 is 0 Å². The van der Waals surface area contributed by atoms with Gasteiger partial charge in [-0.2, -0.15) is 0 Å². The van der Waals surface area contributed by atoms with Gasteiger partial charge >= 0.3 is 0 Å². The summed E-state index contributed by atoms with van der Waals surface area (Å²) in [4.78, 5) is 11.2. The van der Waals surface area contributed by atoms with E-state index in [0.717, 1.165) is 106 Å². The summed E-state index contributed by atoms with van der Waals surface area (Å²) in [5.74, 6) is -3.15. The molecule has 14 rings (SSSR count). The summed E-state index contributed by atoms with van der Waals surface area (Å²) in [7, 11) is 0. The predicted molar refractivity (Wildman–Crippen MR) is 320 cm³/mol. The molecule has 2 aliphatic rings. The van der Waals surface area contributed by atoms with Gasteiger partial charge in [-0.1, -0.05) is 224 Å². The van der Waals surface area contributed by atoms with Crippen molar-refractivity contribution >= 4 is 21.8 Å². The fourth-order valence-corrected chi connectivity index (χ4v) is 12.6. The monoisotopic (exact) mass is 978 g/mol. The molecule has 10 aromatic carbocycles. The van der Waals surface area contributed by atoms with E-state index in [0.29, 0.717) is 22.5 Å². The molecule has 0 spiro atoms. The van der Waals surface area contributed by atoms with E-state index in [1.165, 1.54) is 27.5 Å². The molecule has 0 aliphatic heterocycles. The first-order valence-electron chi connectivity index (χ1n) is 28.0. The number of rotatable bonds is 6. The Labute approximate surface area is 450 Å². The fourth-order valence-electron chi connectivity index (χ4n) is 12.6. The fraction of sp³-hybridized carbons (Fsp3) is 0.123. The van der Waals surface area contributed by atoms with Crippen molar-refractivity contribution in [1.29, 1.82) is 0 Å². The van der Waals surface area contributed by atoms with Gasteiger partial charge < -0.3 is 4.57 Å². The van der Waals surface area contributed by atoms with E-state index in [2.05, 4.69) is 217 Å². The lowest BCUT2D eigenvalue weighted by Gasteiger charge is -2.29. The SMILES string of the molecule is [2H]C(C)(C)c1cc(C([2H])(C)C)c(-c2ncc3c(n2)-c2ccccc2-c2ccccc2-c2cc(-n4c5ccccc5c5ccccc54)ccc2-3)c(C([2H])(C)C)c1-c1ccc2c(c1)-c1ccccc1-c1ccccc1-c1ccccc1-2. The number of para-hydroxylation sites is 2. The van der Waals surface area contributed by atoms with Gasteiger partial charge in [0.2, 0.25) is 0 Å². The molecular formula is C73H57N3. The van der Waals surface area contributed by atoms with Gasteiger partial charge in [0.05, 0.1) is 16.7 Å². The second-order valence-corrected chi connectivity index (χ2v) is 21.1. The Morgan fingerprint density at radius 1 is 0.355 bits per heavy atom. The molecule has 0 N–H and O–H groups in total. The molecule has 0 atom stereocenters. The Hall–Kier alpha value is -8.92. The van der Waals surface area contributed by atoms with Crippen molar-refractivity contribution in [3.05, 3.63) is 235 Å². The first-order valence-corrected chi connectivity index (χ1v) is 26.5. The molecule has 364 valence electrons. The average Bonchev–Trinajstić information content (AvgIpc) is 3.57. The summed E-state index contributed by atoms with van der Waals surface area (Å²) in [6, 6.07) is 76.0. The molecule has 2 aliphatic carbocycles. The molecule has 0 fully saturated rings. The third-order valence-electron chi connectivity index (χ3n) is 16.0. The van der Waals surface area contributed by atoms with Gasteiger partial charge in [-0.15, -0.1) is 0 Å². The third-order valence-corrected chi connectivity index (χ3v) is 16.0. The predicted octanol–water partition coefficient (Wildman–Crippen LogP) is 20.2. The van der Waals surface area contributed by atoms with Crippen molar-refractivity contribution in [2.45, 2.75) is 59.2 Å². The molecular weight excluding hydrogens is 919 g/mol. The zero-order chi connectivity index (χ0) is 54.1. The largest absolute Gasteiger partial charge is 0.309 e. The molecule has 3 heteroatoms. The van der Waals surface area contributed by atoms with Crippen LogP contribution in [0.4, 0.5) is 0 Å². The second kappa shape index (κ2) is 17.9. The molecule has 0 saturated heterocycles. The Balaban J connectivity index is 1.05. The summed E-state index contributed by atoms with van der Waals surface area (Å²) >= 11 is 0. The quantitative estimate of drug-likeness (QED) is 0.166. The maximum Gasteiger partial charge on any atom is 0.160 e. The Morgan fingerprint density at radius 2 is 0.750 bits per heavy atom.